The molecular weight excluding hydrogens is 454 g/mol. The van der Waals surface area contributed by atoms with Crippen LogP contribution in [-0.2, 0) is 10.0 Å². The van der Waals surface area contributed by atoms with Crippen LogP contribution in [0.1, 0.15) is 33.2 Å². The fraction of sp³-hybridized carbons (Fsp3) is 0.200. The van der Waals surface area contributed by atoms with Gasteiger partial charge in [-0.05, 0) is 61.9 Å². The number of nitrogens with one attached hydrogen (secondary N) is 2. The maximum Gasteiger partial charge on any atom is 0.264 e. The Hall–Kier alpha value is -3.85. The van der Waals surface area contributed by atoms with Crippen molar-refractivity contribution in [3.8, 4) is 5.75 Å². The van der Waals surface area contributed by atoms with Gasteiger partial charge in [-0.2, -0.15) is 0 Å². The summed E-state index contributed by atoms with van der Waals surface area (Å²) in [5.41, 5.74) is 2.02. The van der Waals surface area contributed by atoms with Gasteiger partial charge in [0.15, 0.2) is 0 Å². The zero-order chi connectivity index (χ0) is 24.9. The summed E-state index contributed by atoms with van der Waals surface area (Å²) in [4.78, 5) is 25.1. The highest BCUT2D eigenvalue weighted by molar-refractivity contribution is 7.92. The van der Waals surface area contributed by atoms with Crippen molar-refractivity contribution >= 4 is 33.2 Å². The van der Waals surface area contributed by atoms with E-state index in [4.69, 9.17) is 4.74 Å². The van der Waals surface area contributed by atoms with Gasteiger partial charge in [0.1, 0.15) is 5.75 Å². The van der Waals surface area contributed by atoms with Gasteiger partial charge in [-0.1, -0.05) is 24.3 Å². The van der Waals surface area contributed by atoms with Crippen LogP contribution in [0.4, 0.5) is 11.4 Å². The van der Waals surface area contributed by atoms with Gasteiger partial charge in [0, 0.05) is 30.4 Å². The zero-order valence-electron chi connectivity index (χ0n) is 19.5. The second-order valence-corrected chi connectivity index (χ2v) is 9.48. The van der Waals surface area contributed by atoms with E-state index in [2.05, 4.69) is 10.6 Å². The van der Waals surface area contributed by atoms with Crippen LogP contribution in [0.25, 0.3) is 0 Å². The molecule has 0 atom stereocenters. The number of carbonyl (C=O) groups is 2. The summed E-state index contributed by atoms with van der Waals surface area (Å²) in [7, 11) is -1.08. The molecule has 0 radical (unpaired) electrons. The minimum absolute atomic E-state index is 0.0345. The monoisotopic (exact) mass is 481 g/mol. The molecule has 3 rings (SSSR count). The van der Waals surface area contributed by atoms with Gasteiger partial charge >= 0.3 is 0 Å². The van der Waals surface area contributed by atoms with Crippen molar-refractivity contribution < 1.29 is 22.7 Å². The van der Waals surface area contributed by atoms with Crippen molar-refractivity contribution in [2.45, 2.75) is 18.7 Å². The van der Waals surface area contributed by atoms with Crippen molar-refractivity contribution in [3.05, 3.63) is 83.4 Å². The Labute approximate surface area is 199 Å². The molecule has 2 N–H and O–H groups in total. The lowest BCUT2D eigenvalue weighted by atomic mass is 10.1. The lowest BCUT2D eigenvalue weighted by molar-refractivity contribution is 0.0954. The highest BCUT2D eigenvalue weighted by atomic mass is 32.2. The number of benzene rings is 3. The topological polar surface area (TPSA) is 105 Å². The highest BCUT2D eigenvalue weighted by Crippen LogP contribution is 2.31. The summed E-state index contributed by atoms with van der Waals surface area (Å²) >= 11 is 0. The predicted molar refractivity (Wildman–Crippen MR) is 132 cm³/mol. The van der Waals surface area contributed by atoms with E-state index in [1.807, 2.05) is 6.92 Å². The lowest BCUT2D eigenvalue weighted by Gasteiger charge is -2.22. The van der Waals surface area contributed by atoms with E-state index in [0.29, 0.717) is 34.8 Å². The Balaban J connectivity index is 1.91. The fourth-order valence-electron chi connectivity index (χ4n) is 3.38. The first-order chi connectivity index (χ1) is 16.2. The van der Waals surface area contributed by atoms with Crippen LogP contribution in [0, 0.1) is 6.92 Å². The number of amides is 2. The van der Waals surface area contributed by atoms with E-state index in [1.165, 1.54) is 26.3 Å². The molecule has 3 aromatic rings. The lowest BCUT2D eigenvalue weighted by Crippen LogP contribution is -2.27. The van der Waals surface area contributed by atoms with Crippen molar-refractivity contribution in [2.75, 3.05) is 30.3 Å². The third kappa shape index (κ3) is 5.20. The molecule has 0 saturated carbocycles. The summed E-state index contributed by atoms with van der Waals surface area (Å²) in [5.74, 6) is -0.324. The highest BCUT2D eigenvalue weighted by Gasteiger charge is 2.25. The number of methoxy groups -OCH3 is 1. The predicted octanol–water partition coefficient (Wildman–Crippen LogP) is 3.83. The van der Waals surface area contributed by atoms with Crippen molar-refractivity contribution in [1.82, 2.24) is 5.32 Å². The number of sulfonamides is 1. The quantitative estimate of drug-likeness (QED) is 0.509. The Kier molecular flexibility index (Phi) is 7.57. The van der Waals surface area contributed by atoms with E-state index in [0.717, 1.165) is 4.31 Å². The minimum atomic E-state index is -3.97. The van der Waals surface area contributed by atoms with Gasteiger partial charge in [0.05, 0.1) is 17.7 Å². The summed E-state index contributed by atoms with van der Waals surface area (Å²) in [5, 5.41) is 5.45. The van der Waals surface area contributed by atoms with Crippen LogP contribution in [0.2, 0.25) is 0 Å². The standard InChI is InChI=1S/C25H27N3O5S/c1-5-26-24(29)18-9-8-10-19(15-18)27-25(30)21-16-20(14-13-17(21)2)34(31,32)28(3)22-11-6-7-12-23(22)33-4/h6-16H,5H2,1-4H3,(H,26,29)(H,27,30). The Morgan fingerprint density at radius 1 is 0.971 bits per heavy atom. The minimum Gasteiger partial charge on any atom is -0.495 e. The first-order valence-corrected chi connectivity index (χ1v) is 12.0. The van der Waals surface area contributed by atoms with Crippen LogP contribution < -0.4 is 19.7 Å². The number of nitrogens with zero attached hydrogens (tertiary/aromatic N) is 1. The molecule has 0 aliphatic rings. The molecule has 0 spiro atoms. The Morgan fingerprint density at radius 3 is 2.41 bits per heavy atom. The van der Waals surface area contributed by atoms with E-state index in [-0.39, 0.29) is 16.4 Å². The molecule has 3 aromatic carbocycles. The molecule has 0 unspecified atom stereocenters. The third-order valence-corrected chi connectivity index (χ3v) is 7.02. The molecule has 0 aliphatic heterocycles. The summed E-state index contributed by atoms with van der Waals surface area (Å²) in [6.45, 7) is 4.03. The molecule has 0 heterocycles. The molecule has 0 fully saturated rings. The maximum atomic E-state index is 13.3. The van der Waals surface area contributed by atoms with Crippen molar-refractivity contribution in [2.24, 2.45) is 0 Å². The van der Waals surface area contributed by atoms with E-state index < -0.39 is 15.9 Å². The average Bonchev–Trinajstić information content (AvgIpc) is 2.83. The molecule has 0 saturated heterocycles. The summed E-state index contributed by atoms with van der Waals surface area (Å²) in [6, 6.07) is 17.7. The van der Waals surface area contributed by atoms with Gasteiger partial charge in [-0.25, -0.2) is 8.42 Å². The molecular formula is C25H27N3O5S. The van der Waals surface area contributed by atoms with Crippen LogP contribution >= 0.6 is 0 Å². The largest absolute Gasteiger partial charge is 0.495 e. The zero-order valence-corrected chi connectivity index (χ0v) is 20.3. The van der Waals surface area contributed by atoms with Gasteiger partial charge in [0.25, 0.3) is 21.8 Å². The van der Waals surface area contributed by atoms with Gasteiger partial charge in [-0.15, -0.1) is 0 Å². The molecule has 0 bridgehead atoms. The van der Waals surface area contributed by atoms with Crippen molar-refractivity contribution in [1.29, 1.82) is 0 Å². The van der Waals surface area contributed by atoms with Crippen LogP contribution in [-0.4, -0.2) is 40.9 Å². The first kappa shape index (κ1) is 24.8. The van der Waals surface area contributed by atoms with Gasteiger partial charge < -0.3 is 15.4 Å². The number of ether oxygens (including phenoxy) is 1. The SMILES string of the molecule is CCNC(=O)c1cccc(NC(=O)c2cc(S(=O)(=O)N(C)c3ccccc3OC)ccc2C)c1. The number of aryl methyl sites for hydroxylation is 1. The van der Waals surface area contributed by atoms with Gasteiger partial charge in [-0.3, -0.25) is 13.9 Å². The summed E-state index contributed by atoms with van der Waals surface area (Å²) in [6.07, 6.45) is 0. The van der Waals surface area contributed by atoms with E-state index in [1.54, 1.807) is 61.5 Å². The van der Waals surface area contributed by atoms with Gasteiger partial charge in [0.2, 0.25) is 0 Å². The third-order valence-electron chi connectivity index (χ3n) is 5.26. The Morgan fingerprint density at radius 2 is 1.71 bits per heavy atom. The van der Waals surface area contributed by atoms with E-state index in [9.17, 15) is 18.0 Å². The number of carbonyl (C=O) groups excluding carboxylic acids is 2. The number of anilines is 2. The smallest absolute Gasteiger partial charge is 0.264 e. The maximum absolute atomic E-state index is 13.3. The fourth-order valence-corrected chi connectivity index (χ4v) is 4.62. The molecule has 178 valence electrons. The molecule has 0 aliphatic carbocycles. The summed E-state index contributed by atoms with van der Waals surface area (Å²) < 4.78 is 33.0. The molecule has 2 amide bonds. The molecule has 34 heavy (non-hydrogen) atoms. The van der Waals surface area contributed by atoms with Crippen LogP contribution in [0.5, 0.6) is 5.75 Å². The second kappa shape index (κ2) is 10.4. The molecule has 8 nitrogen and oxygen atoms in total. The molecule has 0 aromatic heterocycles. The average molecular weight is 482 g/mol. The first-order valence-electron chi connectivity index (χ1n) is 10.6. The normalized spacial score (nSPS) is 10.9. The number of rotatable bonds is 8. The van der Waals surface area contributed by atoms with Crippen LogP contribution in [0.3, 0.4) is 0 Å². The number of para-hydroxylation sites is 2. The Bertz CT molecular complexity index is 1320. The second-order valence-electron chi connectivity index (χ2n) is 7.52. The van der Waals surface area contributed by atoms with E-state index >= 15 is 0 Å². The number of hydrogen-bond acceptors (Lipinski definition) is 5. The molecule has 9 heteroatoms. The van der Waals surface area contributed by atoms with Crippen molar-refractivity contribution in [3.63, 3.8) is 0 Å². The number of hydrogen-bond donors (Lipinski definition) is 2. The van der Waals surface area contributed by atoms with Crippen LogP contribution in [0.15, 0.2) is 71.6 Å².